The van der Waals surface area contributed by atoms with Crippen LogP contribution in [-0.2, 0) is 26.5 Å². The summed E-state index contributed by atoms with van der Waals surface area (Å²) in [5.41, 5.74) is 16.2. The van der Waals surface area contributed by atoms with E-state index in [9.17, 15) is 0 Å². The van der Waals surface area contributed by atoms with E-state index in [0.717, 1.165) is 46.0 Å². The first-order valence-electron chi connectivity index (χ1n) is 20.9. The molecule has 0 saturated heterocycles. The quantitative estimate of drug-likeness (QED) is 0.180. The van der Waals surface area contributed by atoms with Crippen LogP contribution in [-0.4, -0.2) is 21.6 Å². The lowest BCUT2D eigenvalue weighted by atomic mass is 9.64. The normalized spacial score (nSPS) is 20.3. The van der Waals surface area contributed by atoms with Crippen molar-refractivity contribution in [2.45, 2.75) is 110 Å². The van der Waals surface area contributed by atoms with Gasteiger partial charge in [0.05, 0.1) is 22.4 Å². The van der Waals surface area contributed by atoms with Crippen molar-refractivity contribution >= 4 is 44.8 Å². The van der Waals surface area contributed by atoms with Crippen LogP contribution < -0.4 is 4.90 Å². The molecule has 0 bridgehead atoms. The van der Waals surface area contributed by atoms with Crippen molar-refractivity contribution in [1.29, 1.82) is 0 Å². The monoisotopic (exact) mass is 762 g/mol. The van der Waals surface area contributed by atoms with Crippen LogP contribution >= 0.6 is 0 Å². The Hall–Kier alpha value is -5.68. The number of rotatable bonds is 3. The van der Waals surface area contributed by atoms with Crippen molar-refractivity contribution in [2.75, 3.05) is 4.90 Å². The van der Waals surface area contributed by atoms with Gasteiger partial charge in [-0.1, -0.05) is 115 Å². The Labute approximate surface area is 343 Å². The molecule has 0 saturated carbocycles. The molecule has 0 amide bonds. The number of ether oxygens (including phenoxy) is 1. The van der Waals surface area contributed by atoms with Gasteiger partial charge in [-0.05, 0) is 126 Å². The summed E-state index contributed by atoms with van der Waals surface area (Å²) in [6.07, 6.45) is 2.82. The highest BCUT2D eigenvalue weighted by molar-refractivity contribution is 6.11. The van der Waals surface area contributed by atoms with Gasteiger partial charge in [0.1, 0.15) is 17.5 Å². The van der Waals surface area contributed by atoms with E-state index in [4.69, 9.17) is 14.7 Å². The SMILES string of the molecule is Cc1ccc2c(c1)C(C)(C)C[C@@H]1OC(c3cc(N4c5ccccc5C(C)(C)c5cc6c7ccccc7n(-c7cc(C(C)(C)C)ccn7)c6cc54)c(C)cc3C)=N[C@]21C. The van der Waals surface area contributed by atoms with E-state index in [1.165, 1.54) is 61.1 Å². The maximum atomic E-state index is 7.02. The first-order valence-corrected chi connectivity index (χ1v) is 20.9. The summed E-state index contributed by atoms with van der Waals surface area (Å²) in [7, 11) is 0. The minimum atomic E-state index is -0.461. The van der Waals surface area contributed by atoms with Crippen molar-refractivity contribution < 1.29 is 4.74 Å². The number of para-hydroxylation sites is 2. The molecular weight excluding hydrogens is 709 g/mol. The largest absolute Gasteiger partial charge is 0.471 e. The highest BCUT2D eigenvalue weighted by Crippen LogP contribution is 2.55. The maximum Gasteiger partial charge on any atom is 0.217 e. The third-order valence-corrected chi connectivity index (χ3v) is 13.7. The van der Waals surface area contributed by atoms with Crippen LogP contribution in [0.3, 0.4) is 0 Å². The van der Waals surface area contributed by atoms with Crippen LogP contribution in [0.5, 0.6) is 0 Å². The highest BCUT2D eigenvalue weighted by atomic mass is 16.5. The Morgan fingerprint density at radius 1 is 0.655 bits per heavy atom. The van der Waals surface area contributed by atoms with Crippen molar-refractivity contribution in [3.63, 3.8) is 0 Å². The molecule has 0 unspecified atom stereocenters. The van der Waals surface area contributed by atoms with Gasteiger partial charge in [-0.3, -0.25) is 4.57 Å². The molecule has 0 spiro atoms. The number of nitrogens with zero attached hydrogens (tertiary/aromatic N) is 4. The molecule has 0 fully saturated rings. The van der Waals surface area contributed by atoms with Crippen molar-refractivity contribution in [3.8, 4) is 5.82 Å². The lowest BCUT2D eigenvalue weighted by Crippen LogP contribution is -2.44. The molecule has 7 aromatic rings. The average Bonchev–Trinajstić information content (AvgIpc) is 3.68. The predicted molar refractivity (Wildman–Crippen MR) is 241 cm³/mol. The fourth-order valence-corrected chi connectivity index (χ4v) is 10.4. The number of fused-ring (bicyclic) bond motifs is 8. The number of anilines is 3. The van der Waals surface area contributed by atoms with Gasteiger partial charge in [0.15, 0.2) is 0 Å². The Morgan fingerprint density at radius 3 is 2.21 bits per heavy atom. The average molecular weight is 763 g/mol. The molecule has 2 aliphatic heterocycles. The van der Waals surface area contributed by atoms with Gasteiger partial charge in [-0.25, -0.2) is 9.98 Å². The van der Waals surface area contributed by atoms with E-state index in [1.807, 2.05) is 6.20 Å². The molecule has 3 aliphatic rings. The zero-order valence-electron chi connectivity index (χ0n) is 35.9. The topological polar surface area (TPSA) is 42.6 Å². The Kier molecular flexibility index (Phi) is 7.69. The Balaban J connectivity index is 1.20. The molecule has 2 atom stereocenters. The molecule has 0 N–H and O–H groups in total. The van der Waals surface area contributed by atoms with Gasteiger partial charge in [0.25, 0.3) is 0 Å². The van der Waals surface area contributed by atoms with Crippen LogP contribution in [0, 0.1) is 20.8 Å². The smallest absolute Gasteiger partial charge is 0.217 e. The van der Waals surface area contributed by atoms with Gasteiger partial charge in [0, 0.05) is 33.6 Å². The minimum absolute atomic E-state index is 0.0119. The summed E-state index contributed by atoms with van der Waals surface area (Å²) in [4.78, 5) is 13.1. The van der Waals surface area contributed by atoms with E-state index >= 15 is 0 Å². The third-order valence-electron chi connectivity index (χ3n) is 13.7. The van der Waals surface area contributed by atoms with Crippen molar-refractivity contribution in [2.24, 2.45) is 4.99 Å². The second-order valence-corrected chi connectivity index (χ2v) is 19.6. The second kappa shape index (κ2) is 12.2. The summed E-state index contributed by atoms with van der Waals surface area (Å²) >= 11 is 0. The van der Waals surface area contributed by atoms with E-state index in [2.05, 4.69) is 189 Å². The van der Waals surface area contributed by atoms with E-state index in [1.54, 1.807) is 0 Å². The van der Waals surface area contributed by atoms with Crippen LogP contribution in [0.15, 0.2) is 114 Å². The van der Waals surface area contributed by atoms with Gasteiger partial charge in [-0.15, -0.1) is 0 Å². The number of benzene rings is 5. The van der Waals surface area contributed by atoms with Crippen LogP contribution in [0.4, 0.5) is 17.1 Å². The summed E-state index contributed by atoms with van der Waals surface area (Å²) in [5.74, 6) is 1.67. The van der Waals surface area contributed by atoms with E-state index in [-0.39, 0.29) is 22.3 Å². The molecule has 292 valence electrons. The molecular formula is C53H54N4O. The first kappa shape index (κ1) is 36.6. The van der Waals surface area contributed by atoms with Gasteiger partial charge in [0.2, 0.25) is 5.90 Å². The lowest BCUT2D eigenvalue weighted by molar-refractivity contribution is 0.0971. The summed E-state index contributed by atoms with van der Waals surface area (Å²) in [6, 6.07) is 38.6. The van der Waals surface area contributed by atoms with Crippen LogP contribution in [0.25, 0.3) is 27.6 Å². The fourth-order valence-electron chi connectivity index (χ4n) is 10.4. The van der Waals surface area contributed by atoms with Gasteiger partial charge >= 0.3 is 0 Å². The molecule has 10 rings (SSSR count). The number of aryl methyl sites for hydroxylation is 3. The van der Waals surface area contributed by atoms with Crippen molar-refractivity contribution in [1.82, 2.24) is 9.55 Å². The second-order valence-electron chi connectivity index (χ2n) is 19.6. The maximum absolute atomic E-state index is 7.02. The van der Waals surface area contributed by atoms with Crippen LogP contribution in [0.2, 0.25) is 0 Å². The third kappa shape index (κ3) is 5.21. The lowest BCUT2D eigenvalue weighted by Gasteiger charge is -2.43. The van der Waals surface area contributed by atoms with E-state index in [0.29, 0.717) is 0 Å². The first-order chi connectivity index (χ1) is 27.5. The molecule has 0 radical (unpaired) electrons. The summed E-state index contributed by atoms with van der Waals surface area (Å²) in [5, 5.41) is 2.46. The van der Waals surface area contributed by atoms with E-state index < -0.39 is 5.54 Å². The molecule has 5 aromatic carbocycles. The number of hydrogen-bond donors (Lipinski definition) is 0. The van der Waals surface area contributed by atoms with Gasteiger partial charge < -0.3 is 9.64 Å². The molecule has 5 nitrogen and oxygen atoms in total. The van der Waals surface area contributed by atoms with Crippen LogP contribution in [0.1, 0.15) is 112 Å². The zero-order chi connectivity index (χ0) is 40.7. The fraction of sp³-hybridized carbons (Fsp3) is 0.321. The molecule has 1 aliphatic carbocycles. The van der Waals surface area contributed by atoms with Crippen molar-refractivity contribution in [3.05, 3.63) is 159 Å². The molecule has 5 heteroatoms. The number of pyridine rings is 1. The standard InChI is InChI=1S/C53H54N4O/c1-31-20-21-38-40(24-31)51(7,8)30-47-53(38,11)55-49(58-47)36-28-44(33(3)25-32(36)2)56-43-19-15-13-17-39(43)52(9,10)41-27-37-35-16-12-14-18-42(35)57(45(37)29-46(41)56)48-26-34(22-23-54-48)50(4,5)6/h12-29,47H,30H2,1-11H3/t47-,53+/m0/s1. The zero-order valence-corrected chi connectivity index (χ0v) is 35.9. The Morgan fingerprint density at radius 2 is 1.41 bits per heavy atom. The summed E-state index contributed by atoms with van der Waals surface area (Å²) < 4.78 is 9.39. The molecule has 58 heavy (non-hydrogen) atoms. The molecule has 2 aromatic heterocycles. The summed E-state index contributed by atoms with van der Waals surface area (Å²) in [6.45, 7) is 25.1. The number of hydrogen-bond acceptors (Lipinski definition) is 4. The molecule has 4 heterocycles. The number of aliphatic imine (C=N–C) groups is 1. The highest BCUT2D eigenvalue weighted by Gasteiger charge is 2.52. The minimum Gasteiger partial charge on any atom is -0.471 e. The predicted octanol–water partition coefficient (Wildman–Crippen LogP) is 13.3. The Bertz CT molecular complexity index is 2900. The van der Waals surface area contributed by atoms with Gasteiger partial charge in [-0.2, -0.15) is 0 Å². The number of aromatic nitrogens is 2.